The number of nitrogens with zero attached hydrogens (tertiary/aromatic N) is 3. The van der Waals surface area contributed by atoms with Crippen molar-refractivity contribution in [2.24, 2.45) is 0 Å². The highest BCUT2D eigenvalue weighted by molar-refractivity contribution is 6.30. The van der Waals surface area contributed by atoms with E-state index in [0.717, 1.165) is 0 Å². The largest absolute Gasteiger partial charge is 0.424 e. The maximum atomic E-state index is 11.2. The van der Waals surface area contributed by atoms with Crippen molar-refractivity contribution in [2.75, 3.05) is 0 Å². The van der Waals surface area contributed by atoms with Gasteiger partial charge in [-0.15, -0.1) is 10.2 Å². The number of hydrogen-bond acceptors (Lipinski definition) is 5. The van der Waals surface area contributed by atoms with Crippen LogP contribution < -0.4 is 4.74 Å². The van der Waals surface area contributed by atoms with E-state index in [1.165, 1.54) is 6.92 Å². The fraction of sp³-hybridized carbons (Fsp3) is 0.462. The van der Waals surface area contributed by atoms with Crippen molar-refractivity contribution in [1.29, 1.82) is 0 Å². The molecular weight excluding hydrogens is 282 g/mol. The van der Waals surface area contributed by atoms with Crippen LogP contribution in [0.5, 0.6) is 5.75 Å². The van der Waals surface area contributed by atoms with Crippen molar-refractivity contribution >= 4 is 28.6 Å². The Hall–Kier alpha value is -1.66. The Morgan fingerprint density at radius 3 is 2.85 bits per heavy atom. The molecule has 1 fully saturated rings. The highest BCUT2D eigenvalue weighted by Crippen LogP contribution is 2.44. The fourth-order valence-corrected chi connectivity index (χ4v) is 2.80. The molecule has 1 aliphatic carbocycles. The van der Waals surface area contributed by atoms with Gasteiger partial charge in [-0.1, -0.05) is 11.6 Å². The lowest BCUT2D eigenvalue weighted by atomic mass is 9.77. The van der Waals surface area contributed by atoms with Gasteiger partial charge in [0.25, 0.3) is 0 Å². The van der Waals surface area contributed by atoms with Gasteiger partial charge in [0, 0.05) is 19.2 Å². The molecule has 1 saturated carbocycles. The van der Waals surface area contributed by atoms with Crippen molar-refractivity contribution in [3.63, 3.8) is 0 Å². The van der Waals surface area contributed by atoms with E-state index in [4.69, 9.17) is 16.3 Å². The van der Waals surface area contributed by atoms with E-state index >= 15 is 0 Å². The zero-order valence-corrected chi connectivity index (χ0v) is 11.9. The smallest absolute Gasteiger partial charge is 0.308 e. The van der Waals surface area contributed by atoms with Gasteiger partial charge in [-0.25, -0.2) is 0 Å². The van der Waals surface area contributed by atoms with Gasteiger partial charge < -0.3 is 14.4 Å². The predicted molar refractivity (Wildman–Crippen MR) is 72.7 cm³/mol. The van der Waals surface area contributed by atoms with Crippen molar-refractivity contribution < 1.29 is 14.6 Å². The standard InChI is InChI=1S/C13H14ClN3O3/c1-7(18)20-10-6-17(8-4-13(2,19)5-8)12-9(10)3-11(14)15-16-12/h3,6,8,19H,4-5H2,1-2H3. The summed E-state index contributed by atoms with van der Waals surface area (Å²) in [6.07, 6.45) is 2.97. The number of esters is 1. The van der Waals surface area contributed by atoms with Crippen molar-refractivity contribution in [2.45, 2.75) is 38.3 Å². The molecule has 106 valence electrons. The molecule has 7 heteroatoms. The highest BCUT2D eigenvalue weighted by Gasteiger charge is 2.40. The Kier molecular flexibility index (Phi) is 2.95. The molecular formula is C13H14ClN3O3. The van der Waals surface area contributed by atoms with Gasteiger partial charge in [-0.2, -0.15) is 0 Å². The number of carbonyl (C=O) groups excluding carboxylic acids is 1. The molecule has 0 aliphatic heterocycles. The van der Waals surface area contributed by atoms with E-state index in [2.05, 4.69) is 10.2 Å². The molecule has 0 spiro atoms. The third-order valence-corrected chi connectivity index (χ3v) is 3.69. The minimum absolute atomic E-state index is 0.118. The van der Waals surface area contributed by atoms with Crippen molar-refractivity contribution in [3.8, 4) is 5.75 Å². The lowest BCUT2D eigenvalue weighted by Gasteiger charge is -2.41. The first kappa shape index (κ1) is 13.3. The second-order valence-electron chi connectivity index (χ2n) is 5.46. The monoisotopic (exact) mass is 295 g/mol. The zero-order chi connectivity index (χ0) is 14.5. The van der Waals surface area contributed by atoms with Gasteiger partial charge in [-0.05, 0) is 25.8 Å². The Balaban J connectivity index is 2.06. The number of aliphatic hydroxyl groups is 1. The van der Waals surface area contributed by atoms with Crippen LogP contribution in [-0.2, 0) is 4.79 Å². The molecule has 2 aromatic heterocycles. The maximum absolute atomic E-state index is 11.2. The average molecular weight is 296 g/mol. The summed E-state index contributed by atoms with van der Waals surface area (Å²) < 4.78 is 7.07. The van der Waals surface area contributed by atoms with Crippen molar-refractivity contribution in [3.05, 3.63) is 17.4 Å². The summed E-state index contributed by atoms with van der Waals surface area (Å²) in [6, 6.07) is 1.74. The number of ether oxygens (including phenoxy) is 1. The fourth-order valence-electron chi connectivity index (χ4n) is 2.66. The molecule has 0 aromatic carbocycles. The number of hydrogen-bond donors (Lipinski definition) is 1. The zero-order valence-electron chi connectivity index (χ0n) is 11.1. The van der Waals surface area contributed by atoms with E-state index in [-0.39, 0.29) is 11.2 Å². The molecule has 6 nitrogen and oxygen atoms in total. The summed E-state index contributed by atoms with van der Waals surface area (Å²) >= 11 is 5.85. The van der Waals surface area contributed by atoms with Gasteiger partial charge in [0.05, 0.1) is 11.0 Å². The van der Waals surface area contributed by atoms with Gasteiger partial charge in [0.2, 0.25) is 0 Å². The van der Waals surface area contributed by atoms with Crippen LogP contribution in [0.1, 0.15) is 32.7 Å². The number of carbonyl (C=O) groups is 1. The third-order valence-electron chi connectivity index (χ3n) is 3.51. The summed E-state index contributed by atoms with van der Waals surface area (Å²) in [5.41, 5.74) is -0.0472. The van der Waals surface area contributed by atoms with Crippen LogP contribution >= 0.6 is 11.6 Å². The molecule has 3 rings (SSSR count). The second kappa shape index (κ2) is 4.43. The Morgan fingerprint density at radius 1 is 1.55 bits per heavy atom. The number of rotatable bonds is 2. The molecule has 20 heavy (non-hydrogen) atoms. The van der Waals surface area contributed by atoms with E-state index in [1.54, 1.807) is 19.2 Å². The van der Waals surface area contributed by atoms with E-state index in [9.17, 15) is 9.90 Å². The molecule has 2 aromatic rings. The highest BCUT2D eigenvalue weighted by atomic mass is 35.5. The van der Waals surface area contributed by atoms with Crippen LogP contribution in [0.15, 0.2) is 12.3 Å². The predicted octanol–water partition coefficient (Wildman–Crippen LogP) is 2.10. The van der Waals surface area contributed by atoms with Gasteiger partial charge in [-0.3, -0.25) is 4.79 Å². The van der Waals surface area contributed by atoms with Gasteiger partial charge in [0.15, 0.2) is 16.5 Å². The quantitative estimate of drug-likeness (QED) is 0.859. The lowest BCUT2D eigenvalue weighted by Crippen LogP contribution is -2.41. The van der Waals surface area contributed by atoms with Crippen LogP contribution in [0.25, 0.3) is 11.0 Å². The summed E-state index contributed by atoms with van der Waals surface area (Å²) in [5.74, 6) is 0.00781. The molecule has 1 aliphatic rings. The molecule has 0 saturated heterocycles. The molecule has 0 unspecified atom stereocenters. The molecule has 2 heterocycles. The van der Waals surface area contributed by atoms with Gasteiger partial charge >= 0.3 is 5.97 Å². The van der Waals surface area contributed by atoms with Crippen LogP contribution in [-0.4, -0.2) is 31.4 Å². The number of aromatic nitrogens is 3. The summed E-state index contributed by atoms with van der Waals surface area (Å²) in [6.45, 7) is 3.14. The average Bonchev–Trinajstić information content (AvgIpc) is 2.63. The topological polar surface area (TPSA) is 77.2 Å². The third kappa shape index (κ3) is 2.25. The summed E-state index contributed by atoms with van der Waals surface area (Å²) in [4.78, 5) is 11.2. The Bertz CT molecular complexity index is 687. The van der Waals surface area contributed by atoms with Crippen LogP contribution in [0.4, 0.5) is 0 Å². The second-order valence-corrected chi connectivity index (χ2v) is 5.84. The minimum Gasteiger partial charge on any atom is -0.424 e. The van der Waals surface area contributed by atoms with E-state index in [0.29, 0.717) is 29.6 Å². The van der Waals surface area contributed by atoms with Crippen molar-refractivity contribution in [1.82, 2.24) is 14.8 Å². The molecule has 0 atom stereocenters. The van der Waals surface area contributed by atoms with Crippen LogP contribution in [0.2, 0.25) is 5.15 Å². The van der Waals surface area contributed by atoms with E-state index in [1.807, 2.05) is 4.57 Å². The summed E-state index contributed by atoms with van der Waals surface area (Å²) in [7, 11) is 0. The Morgan fingerprint density at radius 2 is 2.25 bits per heavy atom. The Labute approximate surface area is 120 Å². The molecule has 1 N–H and O–H groups in total. The first-order valence-corrected chi connectivity index (χ1v) is 6.68. The normalized spacial score (nSPS) is 25.5. The first-order valence-electron chi connectivity index (χ1n) is 6.30. The SMILES string of the molecule is CC(=O)Oc1cn(C2CC(C)(O)C2)c2nnc(Cl)cc12. The number of fused-ring (bicyclic) bond motifs is 1. The lowest BCUT2D eigenvalue weighted by molar-refractivity contribution is -0.131. The first-order chi connectivity index (χ1) is 9.35. The molecule has 0 bridgehead atoms. The maximum Gasteiger partial charge on any atom is 0.308 e. The van der Waals surface area contributed by atoms with Gasteiger partial charge in [0.1, 0.15) is 0 Å². The summed E-state index contributed by atoms with van der Waals surface area (Å²) in [5, 5.41) is 18.6. The molecule has 0 amide bonds. The van der Waals surface area contributed by atoms with E-state index < -0.39 is 11.6 Å². The minimum atomic E-state index is -0.650. The molecule has 0 radical (unpaired) electrons. The van der Waals surface area contributed by atoms with Crippen LogP contribution in [0, 0.1) is 0 Å². The van der Waals surface area contributed by atoms with Crippen LogP contribution in [0.3, 0.4) is 0 Å². The number of halogens is 1.